The average molecular weight is 401 g/mol. The molecule has 1 aromatic heterocycles. The summed E-state index contributed by atoms with van der Waals surface area (Å²) in [4.78, 5) is 15.1. The standard InChI is InChI=1S/C21H21F2N3O3/c1-21(2,20(27)28-3)10-14-12-6-7-26-17(12)9-16(23)18(14)29-11-4-5-15(22)13(8-11)19(24)25/h4-9,26H,10H2,1-3H3,(H3,24,25). The summed E-state index contributed by atoms with van der Waals surface area (Å²) < 4.78 is 39.4. The maximum atomic E-state index is 14.9. The Morgan fingerprint density at radius 1 is 1.21 bits per heavy atom. The van der Waals surface area contributed by atoms with Crippen molar-refractivity contribution < 1.29 is 23.0 Å². The van der Waals surface area contributed by atoms with Gasteiger partial charge in [0.15, 0.2) is 11.6 Å². The lowest BCUT2D eigenvalue weighted by Gasteiger charge is -2.24. The van der Waals surface area contributed by atoms with Crippen LogP contribution in [0.4, 0.5) is 8.78 Å². The molecule has 0 fully saturated rings. The number of carbonyl (C=O) groups excluding carboxylic acids is 1. The predicted octanol–water partition coefficient (Wildman–Crippen LogP) is 4.26. The topological polar surface area (TPSA) is 101 Å². The zero-order valence-electron chi connectivity index (χ0n) is 16.2. The Hall–Kier alpha value is -3.42. The lowest BCUT2D eigenvalue weighted by Crippen LogP contribution is -2.28. The molecule has 0 unspecified atom stereocenters. The highest BCUT2D eigenvalue weighted by Crippen LogP contribution is 2.38. The maximum Gasteiger partial charge on any atom is 0.311 e. The number of hydrogen-bond acceptors (Lipinski definition) is 4. The summed E-state index contributed by atoms with van der Waals surface area (Å²) in [5.41, 5.74) is 5.30. The van der Waals surface area contributed by atoms with E-state index in [1.807, 2.05) is 0 Å². The zero-order valence-corrected chi connectivity index (χ0v) is 16.2. The van der Waals surface area contributed by atoms with Gasteiger partial charge in [0.25, 0.3) is 0 Å². The number of nitrogens with two attached hydrogens (primary N) is 1. The van der Waals surface area contributed by atoms with Crippen LogP contribution in [0.5, 0.6) is 11.5 Å². The normalized spacial score (nSPS) is 11.5. The van der Waals surface area contributed by atoms with E-state index in [-0.39, 0.29) is 23.5 Å². The van der Waals surface area contributed by atoms with E-state index in [1.165, 1.54) is 25.3 Å². The van der Waals surface area contributed by atoms with E-state index in [1.54, 1.807) is 26.1 Å². The van der Waals surface area contributed by atoms with Crippen LogP contribution in [0, 0.1) is 22.5 Å². The van der Waals surface area contributed by atoms with E-state index < -0.39 is 28.9 Å². The number of methoxy groups -OCH3 is 1. The minimum Gasteiger partial charge on any atom is -0.469 e. The molecule has 0 bridgehead atoms. The van der Waals surface area contributed by atoms with Crippen LogP contribution in [0.3, 0.4) is 0 Å². The molecule has 0 amide bonds. The molecule has 2 aromatic carbocycles. The molecule has 29 heavy (non-hydrogen) atoms. The van der Waals surface area contributed by atoms with Crippen molar-refractivity contribution in [2.24, 2.45) is 11.1 Å². The second-order valence-corrected chi connectivity index (χ2v) is 7.31. The van der Waals surface area contributed by atoms with Gasteiger partial charge in [-0.2, -0.15) is 0 Å². The molecule has 8 heteroatoms. The molecular weight excluding hydrogens is 380 g/mol. The van der Waals surface area contributed by atoms with Gasteiger partial charge in [-0.25, -0.2) is 8.78 Å². The molecule has 152 valence electrons. The highest BCUT2D eigenvalue weighted by molar-refractivity contribution is 5.95. The van der Waals surface area contributed by atoms with Gasteiger partial charge < -0.3 is 20.2 Å². The lowest BCUT2D eigenvalue weighted by molar-refractivity contribution is -0.150. The fourth-order valence-electron chi connectivity index (χ4n) is 3.19. The fourth-order valence-corrected chi connectivity index (χ4v) is 3.19. The maximum absolute atomic E-state index is 14.9. The third-order valence-corrected chi connectivity index (χ3v) is 4.67. The van der Waals surface area contributed by atoms with Gasteiger partial charge in [0.1, 0.15) is 17.4 Å². The van der Waals surface area contributed by atoms with Crippen molar-refractivity contribution in [3.63, 3.8) is 0 Å². The lowest BCUT2D eigenvalue weighted by atomic mass is 9.84. The van der Waals surface area contributed by atoms with Crippen LogP contribution >= 0.6 is 0 Å². The average Bonchev–Trinajstić information content (AvgIpc) is 3.12. The van der Waals surface area contributed by atoms with Crippen LogP contribution in [0.2, 0.25) is 0 Å². The van der Waals surface area contributed by atoms with Gasteiger partial charge in [0, 0.05) is 28.7 Å². The van der Waals surface area contributed by atoms with Crippen LogP contribution in [0.25, 0.3) is 10.9 Å². The number of nitrogens with one attached hydrogen (secondary N) is 2. The molecule has 0 aliphatic rings. The largest absolute Gasteiger partial charge is 0.469 e. The van der Waals surface area contributed by atoms with Crippen molar-refractivity contribution in [1.29, 1.82) is 5.41 Å². The van der Waals surface area contributed by atoms with Crippen LogP contribution in [-0.4, -0.2) is 23.9 Å². The Balaban J connectivity index is 2.12. The second-order valence-electron chi connectivity index (χ2n) is 7.31. The number of aromatic nitrogens is 1. The van der Waals surface area contributed by atoms with Crippen LogP contribution in [-0.2, 0) is 16.0 Å². The summed E-state index contributed by atoms with van der Waals surface area (Å²) in [6.07, 6.45) is 1.80. The SMILES string of the molecule is COC(=O)C(C)(C)Cc1c(Oc2ccc(F)c(C(=N)N)c2)c(F)cc2[nH]ccc12. The number of fused-ring (bicyclic) bond motifs is 1. The molecule has 3 aromatic rings. The van der Waals surface area contributed by atoms with Gasteiger partial charge in [-0.1, -0.05) is 0 Å². The van der Waals surface area contributed by atoms with Gasteiger partial charge in [0.05, 0.1) is 18.1 Å². The monoisotopic (exact) mass is 401 g/mol. The number of halogens is 2. The number of esters is 1. The highest BCUT2D eigenvalue weighted by Gasteiger charge is 2.32. The molecule has 0 saturated heterocycles. The summed E-state index contributed by atoms with van der Waals surface area (Å²) >= 11 is 0. The first-order chi connectivity index (χ1) is 13.6. The van der Waals surface area contributed by atoms with Gasteiger partial charge in [-0.15, -0.1) is 0 Å². The first-order valence-electron chi connectivity index (χ1n) is 8.82. The summed E-state index contributed by atoms with van der Waals surface area (Å²) in [7, 11) is 1.29. The van der Waals surface area contributed by atoms with E-state index in [2.05, 4.69) is 4.98 Å². The van der Waals surface area contributed by atoms with E-state index in [4.69, 9.17) is 20.6 Å². The van der Waals surface area contributed by atoms with Crippen LogP contribution in [0.1, 0.15) is 25.0 Å². The number of benzene rings is 2. The molecule has 1 heterocycles. The predicted molar refractivity (Wildman–Crippen MR) is 105 cm³/mol. The summed E-state index contributed by atoms with van der Waals surface area (Å²) in [6, 6.07) is 6.69. The second kappa shape index (κ2) is 7.54. The van der Waals surface area contributed by atoms with Crippen molar-refractivity contribution in [3.05, 3.63) is 59.3 Å². The molecule has 3 rings (SSSR count). The molecule has 0 atom stereocenters. The van der Waals surface area contributed by atoms with Crippen molar-refractivity contribution in [1.82, 2.24) is 4.98 Å². The number of carbonyl (C=O) groups is 1. The van der Waals surface area contributed by atoms with E-state index in [0.717, 1.165) is 6.07 Å². The van der Waals surface area contributed by atoms with Gasteiger partial charge in [0.2, 0.25) is 0 Å². The Kier molecular flexibility index (Phi) is 5.28. The van der Waals surface area contributed by atoms with Crippen molar-refractivity contribution in [2.45, 2.75) is 20.3 Å². The van der Waals surface area contributed by atoms with Crippen molar-refractivity contribution in [3.8, 4) is 11.5 Å². The van der Waals surface area contributed by atoms with Crippen molar-refractivity contribution >= 4 is 22.7 Å². The number of aromatic amines is 1. The molecule has 0 saturated carbocycles. The molecule has 6 nitrogen and oxygen atoms in total. The Morgan fingerprint density at radius 2 is 1.93 bits per heavy atom. The number of H-pyrrole nitrogens is 1. The Bertz CT molecular complexity index is 1110. The summed E-state index contributed by atoms with van der Waals surface area (Å²) in [6.45, 7) is 3.38. The first kappa shape index (κ1) is 20.3. The number of ether oxygens (including phenoxy) is 2. The number of rotatable bonds is 6. The molecule has 0 radical (unpaired) electrons. The van der Waals surface area contributed by atoms with Crippen LogP contribution in [0.15, 0.2) is 36.5 Å². The third-order valence-electron chi connectivity index (χ3n) is 4.67. The van der Waals surface area contributed by atoms with Gasteiger partial charge in [-0.3, -0.25) is 10.2 Å². The third kappa shape index (κ3) is 3.91. The number of amidine groups is 1. The number of hydrogen-bond donors (Lipinski definition) is 3. The molecule has 0 aliphatic heterocycles. The van der Waals surface area contributed by atoms with E-state index in [0.29, 0.717) is 16.5 Å². The minimum absolute atomic E-state index is 0.0878. The first-order valence-corrected chi connectivity index (χ1v) is 8.82. The number of nitrogen functional groups attached to an aromatic ring is 1. The molecule has 4 N–H and O–H groups in total. The highest BCUT2D eigenvalue weighted by atomic mass is 19.1. The quantitative estimate of drug-likeness (QED) is 0.326. The van der Waals surface area contributed by atoms with E-state index in [9.17, 15) is 13.6 Å². The summed E-state index contributed by atoms with van der Waals surface area (Å²) in [5, 5.41) is 8.15. The Morgan fingerprint density at radius 3 is 2.59 bits per heavy atom. The zero-order chi connectivity index (χ0) is 21.3. The van der Waals surface area contributed by atoms with Gasteiger partial charge >= 0.3 is 5.97 Å². The Labute approximate surface area is 166 Å². The molecule has 0 aliphatic carbocycles. The minimum atomic E-state index is -0.946. The van der Waals surface area contributed by atoms with Crippen LogP contribution < -0.4 is 10.5 Å². The summed E-state index contributed by atoms with van der Waals surface area (Å²) in [5.74, 6) is -2.22. The smallest absolute Gasteiger partial charge is 0.311 e. The fraction of sp³-hybridized carbons (Fsp3) is 0.238. The molecule has 0 spiro atoms. The van der Waals surface area contributed by atoms with Crippen molar-refractivity contribution in [2.75, 3.05) is 7.11 Å². The molecular formula is C21H21F2N3O3. The van der Waals surface area contributed by atoms with Gasteiger partial charge in [-0.05, 0) is 44.5 Å². The van der Waals surface area contributed by atoms with E-state index >= 15 is 0 Å².